The lowest BCUT2D eigenvalue weighted by atomic mass is 9.94. The molecule has 3 nitrogen and oxygen atoms in total. The molecule has 0 unspecified atom stereocenters. The third-order valence-electron chi connectivity index (χ3n) is 3.90. The van der Waals surface area contributed by atoms with Gasteiger partial charge in [0, 0.05) is 23.8 Å². The lowest BCUT2D eigenvalue weighted by molar-refractivity contribution is 0.340. The topological polar surface area (TPSA) is 48.0 Å². The summed E-state index contributed by atoms with van der Waals surface area (Å²) >= 11 is 0. The van der Waals surface area contributed by atoms with E-state index in [4.69, 9.17) is 5.73 Å². The monoisotopic (exact) mass is 234 g/mol. The maximum Gasteiger partial charge on any atom is 0.255 e. The van der Waals surface area contributed by atoms with E-state index in [1.54, 1.807) is 0 Å². The van der Waals surface area contributed by atoms with Crippen LogP contribution in [0.3, 0.4) is 0 Å². The highest BCUT2D eigenvalue weighted by Gasteiger charge is 2.19. The van der Waals surface area contributed by atoms with Crippen molar-refractivity contribution in [2.45, 2.75) is 58.5 Å². The van der Waals surface area contributed by atoms with Crippen molar-refractivity contribution < 1.29 is 0 Å². The molecule has 0 amide bonds. The van der Waals surface area contributed by atoms with E-state index in [0.29, 0.717) is 12.6 Å². The largest absolute Gasteiger partial charge is 0.326 e. The van der Waals surface area contributed by atoms with Gasteiger partial charge in [-0.1, -0.05) is 19.3 Å². The number of nitrogens with two attached hydrogens (primary N) is 1. The summed E-state index contributed by atoms with van der Waals surface area (Å²) in [4.78, 5) is 12.4. The number of hydrogen-bond donors (Lipinski definition) is 1. The first-order valence-electron chi connectivity index (χ1n) is 6.57. The Labute approximate surface area is 103 Å². The highest BCUT2D eigenvalue weighted by atomic mass is 16.1. The highest BCUT2D eigenvalue weighted by Crippen LogP contribution is 2.28. The summed E-state index contributed by atoms with van der Waals surface area (Å²) in [5, 5.41) is 0. The molecule has 0 aromatic carbocycles. The molecule has 1 aromatic rings. The SMILES string of the molecule is Cc1cc(C)n(C2CCCCC2)c(=O)c1CN. The number of aryl methyl sites for hydroxylation is 2. The number of rotatable bonds is 2. The molecule has 1 heterocycles. The van der Waals surface area contributed by atoms with E-state index in [2.05, 4.69) is 6.07 Å². The van der Waals surface area contributed by atoms with Crippen molar-refractivity contribution in [3.8, 4) is 0 Å². The maximum atomic E-state index is 12.4. The molecule has 1 aliphatic carbocycles. The minimum Gasteiger partial charge on any atom is -0.326 e. The van der Waals surface area contributed by atoms with Gasteiger partial charge in [0.2, 0.25) is 0 Å². The van der Waals surface area contributed by atoms with Gasteiger partial charge in [0.25, 0.3) is 5.56 Å². The molecule has 94 valence electrons. The number of aromatic nitrogens is 1. The van der Waals surface area contributed by atoms with Crippen LogP contribution < -0.4 is 11.3 Å². The van der Waals surface area contributed by atoms with Gasteiger partial charge in [-0.05, 0) is 38.3 Å². The second-order valence-corrected chi connectivity index (χ2v) is 5.12. The fraction of sp³-hybridized carbons (Fsp3) is 0.643. The quantitative estimate of drug-likeness (QED) is 0.854. The second kappa shape index (κ2) is 5.05. The zero-order valence-electron chi connectivity index (χ0n) is 10.8. The molecular formula is C14H22N2O. The highest BCUT2D eigenvalue weighted by molar-refractivity contribution is 5.26. The molecule has 2 N–H and O–H groups in total. The van der Waals surface area contributed by atoms with Gasteiger partial charge >= 0.3 is 0 Å². The van der Waals surface area contributed by atoms with Crippen molar-refractivity contribution in [3.63, 3.8) is 0 Å². The predicted octanol–water partition coefficient (Wildman–Crippen LogP) is 2.43. The molecule has 0 saturated heterocycles. The summed E-state index contributed by atoms with van der Waals surface area (Å²) in [5.41, 5.74) is 8.71. The Balaban J connectivity index is 2.48. The normalized spacial score (nSPS) is 17.4. The Hall–Kier alpha value is -1.09. The molecule has 1 aromatic heterocycles. The molecular weight excluding hydrogens is 212 g/mol. The molecule has 2 rings (SSSR count). The zero-order valence-corrected chi connectivity index (χ0v) is 10.8. The van der Waals surface area contributed by atoms with Gasteiger partial charge in [-0.3, -0.25) is 4.79 Å². The molecule has 1 saturated carbocycles. The molecule has 1 aliphatic rings. The lowest BCUT2D eigenvalue weighted by Crippen LogP contribution is -2.32. The van der Waals surface area contributed by atoms with E-state index in [9.17, 15) is 4.79 Å². The Kier molecular flexibility index (Phi) is 3.67. The second-order valence-electron chi connectivity index (χ2n) is 5.12. The maximum absolute atomic E-state index is 12.4. The van der Waals surface area contributed by atoms with Crippen LogP contribution in [-0.4, -0.2) is 4.57 Å². The number of pyridine rings is 1. The summed E-state index contributed by atoms with van der Waals surface area (Å²) < 4.78 is 1.98. The van der Waals surface area contributed by atoms with Crippen LogP contribution in [0.15, 0.2) is 10.9 Å². The van der Waals surface area contributed by atoms with Crippen LogP contribution in [0.25, 0.3) is 0 Å². The average molecular weight is 234 g/mol. The fourth-order valence-corrected chi connectivity index (χ4v) is 2.99. The fourth-order valence-electron chi connectivity index (χ4n) is 2.99. The standard InChI is InChI=1S/C14H22N2O/c1-10-8-11(2)16(14(17)13(10)9-15)12-6-4-3-5-7-12/h8,12H,3-7,9,15H2,1-2H3. The van der Waals surface area contributed by atoms with E-state index in [1.807, 2.05) is 18.4 Å². The first-order valence-corrected chi connectivity index (χ1v) is 6.57. The summed E-state index contributed by atoms with van der Waals surface area (Å²) in [6.45, 7) is 4.35. The average Bonchev–Trinajstić information content (AvgIpc) is 2.30. The van der Waals surface area contributed by atoms with Crippen molar-refractivity contribution in [3.05, 3.63) is 33.2 Å². The molecule has 0 atom stereocenters. The molecule has 0 aliphatic heterocycles. The first kappa shape index (κ1) is 12.4. The van der Waals surface area contributed by atoms with Crippen LogP contribution in [0.2, 0.25) is 0 Å². The van der Waals surface area contributed by atoms with Gasteiger partial charge in [-0.25, -0.2) is 0 Å². The third-order valence-corrected chi connectivity index (χ3v) is 3.90. The van der Waals surface area contributed by atoms with Gasteiger partial charge in [0.1, 0.15) is 0 Å². The van der Waals surface area contributed by atoms with Gasteiger partial charge < -0.3 is 10.3 Å². The van der Waals surface area contributed by atoms with Crippen molar-refractivity contribution in [1.29, 1.82) is 0 Å². The molecule has 0 bridgehead atoms. The van der Waals surface area contributed by atoms with Crippen LogP contribution in [0, 0.1) is 13.8 Å². The van der Waals surface area contributed by atoms with Crippen LogP contribution in [0.4, 0.5) is 0 Å². The van der Waals surface area contributed by atoms with Gasteiger partial charge in [-0.15, -0.1) is 0 Å². The van der Waals surface area contributed by atoms with Crippen LogP contribution >= 0.6 is 0 Å². The van der Waals surface area contributed by atoms with Crippen LogP contribution in [0.5, 0.6) is 0 Å². The zero-order chi connectivity index (χ0) is 12.4. The van der Waals surface area contributed by atoms with Crippen LogP contribution in [0.1, 0.15) is 55.0 Å². The smallest absolute Gasteiger partial charge is 0.255 e. The van der Waals surface area contributed by atoms with Crippen molar-refractivity contribution in [2.24, 2.45) is 5.73 Å². The molecule has 17 heavy (non-hydrogen) atoms. The van der Waals surface area contributed by atoms with Crippen molar-refractivity contribution in [2.75, 3.05) is 0 Å². The Morgan fingerprint density at radius 1 is 1.29 bits per heavy atom. The van der Waals surface area contributed by atoms with E-state index in [0.717, 1.165) is 29.7 Å². The van der Waals surface area contributed by atoms with Gasteiger partial charge in [0.15, 0.2) is 0 Å². The lowest BCUT2D eigenvalue weighted by Gasteiger charge is -2.26. The summed E-state index contributed by atoms with van der Waals surface area (Å²) in [6.07, 6.45) is 6.05. The molecule has 0 radical (unpaired) electrons. The Morgan fingerprint density at radius 3 is 2.53 bits per heavy atom. The van der Waals surface area contributed by atoms with E-state index in [-0.39, 0.29) is 5.56 Å². The third kappa shape index (κ3) is 2.29. The summed E-state index contributed by atoms with van der Waals surface area (Å²) in [7, 11) is 0. The Morgan fingerprint density at radius 2 is 1.94 bits per heavy atom. The van der Waals surface area contributed by atoms with E-state index in [1.165, 1.54) is 19.3 Å². The molecule has 3 heteroatoms. The van der Waals surface area contributed by atoms with Gasteiger partial charge in [-0.2, -0.15) is 0 Å². The minimum absolute atomic E-state index is 0.136. The summed E-state index contributed by atoms with van der Waals surface area (Å²) in [5.74, 6) is 0. The Bertz CT molecular complexity index is 456. The minimum atomic E-state index is 0.136. The number of hydrogen-bond acceptors (Lipinski definition) is 2. The van der Waals surface area contributed by atoms with Gasteiger partial charge in [0.05, 0.1) is 0 Å². The molecule has 0 spiro atoms. The van der Waals surface area contributed by atoms with E-state index < -0.39 is 0 Å². The van der Waals surface area contributed by atoms with Crippen molar-refractivity contribution in [1.82, 2.24) is 4.57 Å². The first-order chi connectivity index (χ1) is 8.15. The van der Waals surface area contributed by atoms with E-state index >= 15 is 0 Å². The summed E-state index contributed by atoms with van der Waals surface area (Å²) in [6, 6.07) is 2.49. The van der Waals surface area contributed by atoms with Crippen LogP contribution in [-0.2, 0) is 6.54 Å². The predicted molar refractivity (Wildman–Crippen MR) is 70.2 cm³/mol. The number of nitrogens with zero attached hydrogens (tertiary/aromatic N) is 1. The molecule has 1 fully saturated rings. The van der Waals surface area contributed by atoms with Crippen molar-refractivity contribution >= 4 is 0 Å².